The molecule has 3 heteroatoms. The molecule has 0 heterocycles. The second-order valence-corrected chi connectivity index (χ2v) is 6.05. The Bertz CT molecular complexity index is 264. The van der Waals surface area contributed by atoms with E-state index in [2.05, 4.69) is 24.4 Å². The van der Waals surface area contributed by atoms with Gasteiger partial charge in [0, 0.05) is 13.0 Å². The van der Waals surface area contributed by atoms with E-state index >= 15 is 0 Å². The van der Waals surface area contributed by atoms with Gasteiger partial charge in [-0.05, 0) is 32.1 Å². The molecule has 22 heavy (non-hydrogen) atoms. The van der Waals surface area contributed by atoms with Crippen molar-refractivity contribution in [3.8, 4) is 0 Å². The molecule has 3 nitrogen and oxygen atoms in total. The molecule has 0 aromatic carbocycles. The number of nitrogens with one attached hydrogen (secondary N) is 1. The van der Waals surface area contributed by atoms with Crippen molar-refractivity contribution in [3.63, 3.8) is 0 Å². The molecule has 0 aromatic rings. The predicted octanol–water partition coefficient (Wildman–Crippen LogP) is 4.74. The van der Waals surface area contributed by atoms with Gasteiger partial charge in [-0.2, -0.15) is 0 Å². The van der Waals surface area contributed by atoms with Gasteiger partial charge in [-0.3, -0.25) is 4.79 Å². The molecule has 0 aliphatic carbocycles. The Morgan fingerprint density at radius 3 is 2.00 bits per heavy atom. The summed E-state index contributed by atoms with van der Waals surface area (Å²) in [5, 5.41) is 11.3. The van der Waals surface area contributed by atoms with Crippen molar-refractivity contribution in [1.82, 2.24) is 5.32 Å². The van der Waals surface area contributed by atoms with Crippen LogP contribution in [0.3, 0.4) is 0 Å². The number of hydrogen-bond acceptors (Lipinski definition) is 2. The second kappa shape index (κ2) is 18.2. The summed E-state index contributed by atoms with van der Waals surface area (Å²) >= 11 is 0. The molecule has 0 atom stereocenters. The zero-order chi connectivity index (χ0) is 16.3. The van der Waals surface area contributed by atoms with Crippen LogP contribution in [-0.2, 0) is 4.79 Å². The Kier molecular flexibility index (Phi) is 17.5. The van der Waals surface area contributed by atoms with Gasteiger partial charge in [0.25, 0.3) is 0 Å². The fraction of sp³-hybridized carbons (Fsp3) is 0.842. The zero-order valence-electron chi connectivity index (χ0n) is 14.6. The Morgan fingerprint density at radius 1 is 0.864 bits per heavy atom. The lowest BCUT2D eigenvalue weighted by Gasteiger charge is -2.03. The van der Waals surface area contributed by atoms with Crippen LogP contribution in [0.1, 0.15) is 90.4 Å². The summed E-state index contributed by atoms with van der Waals surface area (Å²) in [6.45, 7) is 2.66. The number of hydrogen-bond donors (Lipinski definition) is 2. The quantitative estimate of drug-likeness (QED) is 0.319. The van der Waals surface area contributed by atoms with E-state index in [1.165, 1.54) is 64.2 Å². The largest absolute Gasteiger partial charge is 0.395 e. The van der Waals surface area contributed by atoms with E-state index in [0.717, 1.165) is 12.8 Å². The molecule has 0 aliphatic rings. The van der Waals surface area contributed by atoms with Gasteiger partial charge in [-0.15, -0.1) is 0 Å². The van der Waals surface area contributed by atoms with Gasteiger partial charge >= 0.3 is 0 Å². The maximum atomic E-state index is 11.3. The van der Waals surface area contributed by atoms with Crippen LogP contribution in [-0.4, -0.2) is 24.2 Å². The molecule has 0 unspecified atom stereocenters. The lowest BCUT2D eigenvalue weighted by Crippen LogP contribution is -2.25. The normalized spacial score (nSPS) is 11.2. The van der Waals surface area contributed by atoms with E-state index < -0.39 is 0 Å². The number of aliphatic hydroxyl groups is 1. The van der Waals surface area contributed by atoms with Gasteiger partial charge in [-0.25, -0.2) is 0 Å². The van der Waals surface area contributed by atoms with Gasteiger partial charge in [-0.1, -0.05) is 64.0 Å². The minimum absolute atomic E-state index is 0.0267. The van der Waals surface area contributed by atoms with Crippen molar-refractivity contribution >= 4 is 5.91 Å². The molecule has 130 valence electrons. The van der Waals surface area contributed by atoms with Gasteiger partial charge in [0.1, 0.15) is 0 Å². The van der Waals surface area contributed by atoms with Gasteiger partial charge in [0.05, 0.1) is 6.61 Å². The Balaban J connectivity index is 3.14. The molecule has 0 bridgehead atoms. The monoisotopic (exact) mass is 311 g/mol. The SMILES string of the molecule is CCCCCCC=CCCCCCCCCC(=O)NCCO. The topological polar surface area (TPSA) is 49.3 Å². The number of rotatable bonds is 16. The second-order valence-electron chi connectivity index (χ2n) is 6.05. The fourth-order valence-corrected chi connectivity index (χ4v) is 2.46. The molecule has 0 aliphatic heterocycles. The molecular formula is C19H37NO2. The third-order valence-electron chi connectivity index (χ3n) is 3.85. The van der Waals surface area contributed by atoms with E-state index in [4.69, 9.17) is 5.11 Å². The van der Waals surface area contributed by atoms with Crippen LogP contribution >= 0.6 is 0 Å². The maximum absolute atomic E-state index is 11.3. The van der Waals surface area contributed by atoms with Gasteiger partial charge < -0.3 is 10.4 Å². The van der Waals surface area contributed by atoms with Crippen LogP contribution in [0.5, 0.6) is 0 Å². The summed E-state index contributed by atoms with van der Waals surface area (Å²) in [6, 6.07) is 0. The first-order chi connectivity index (χ1) is 10.8. The molecule has 0 fully saturated rings. The first kappa shape index (κ1) is 21.2. The van der Waals surface area contributed by atoms with Crippen molar-refractivity contribution in [2.24, 2.45) is 0 Å². The third kappa shape index (κ3) is 17.2. The highest BCUT2D eigenvalue weighted by Gasteiger charge is 1.99. The molecule has 0 rings (SSSR count). The first-order valence-corrected chi connectivity index (χ1v) is 9.33. The first-order valence-electron chi connectivity index (χ1n) is 9.33. The Morgan fingerprint density at radius 2 is 1.41 bits per heavy atom. The summed E-state index contributed by atoms with van der Waals surface area (Å²) < 4.78 is 0. The molecule has 0 saturated heterocycles. The van der Waals surface area contributed by atoms with Gasteiger partial charge in [0.15, 0.2) is 0 Å². The lowest BCUT2D eigenvalue weighted by atomic mass is 10.1. The lowest BCUT2D eigenvalue weighted by molar-refractivity contribution is -0.121. The number of aliphatic hydroxyl groups excluding tert-OH is 1. The van der Waals surface area contributed by atoms with Crippen molar-refractivity contribution < 1.29 is 9.90 Å². The standard InChI is InChI=1S/C19H37NO2/c1-2-3-4-5-6-7-8-9-10-11-12-13-14-15-16-19(22)20-17-18-21/h7-8,21H,2-6,9-18H2,1H3,(H,20,22). The molecular weight excluding hydrogens is 274 g/mol. The van der Waals surface area contributed by atoms with Crippen molar-refractivity contribution in [2.45, 2.75) is 90.4 Å². The fourth-order valence-electron chi connectivity index (χ4n) is 2.46. The van der Waals surface area contributed by atoms with Crippen molar-refractivity contribution in [1.29, 1.82) is 0 Å². The molecule has 2 N–H and O–H groups in total. The van der Waals surface area contributed by atoms with Crippen molar-refractivity contribution in [2.75, 3.05) is 13.2 Å². The summed E-state index contributed by atoms with van der Waals surface area (Å²) in [5.74, 6) is 0.0677. The molecule has 0 radical (unpaired) electrons. The number of unbranched alkanes of at least 4 members (excludes halogenated alkanes) is 10. The van der Waals surface area contributed by atoms with Crippen LogP contribution in [0.15, 0.2) is 12.2 Å². The Hall–Kier alpha value is -0.830. The van der Waals surface area contributed by atoms with E-state index in [1.54, 1.807) is 0 Å². The highest BCUT2D eigenvalue weighted by atomic mass is 16.3. The summed E-state index contributed by atoms with van der Waals surface area (Å²) in [5.41, 5.74) is 0. The van der Waals surface area contributed by atoms with E-state index in [-0.39, 0.29) is 12.5 Å². The van der Waals surface area contributed by atoms with E-state index in [0.29, 0.717) is 13.0 Å². The van der Waals surface area contributed by atoms with E-state index in [1.807, 2.05) is 0 Å². The summed E-state index contributed by atoms with van der Waals surface area (Å²) in [7, 11) is 0. The van der Waals surface area contributed by atoms with Crippen LogP contribution in [0.4, 0.5) is 0 Å². The molecule has 1 amide bonds. The molecule has 0 saturated carbocycles. The number of amides is 1. The highest BCUT2D eigenvalue weighted by Crippen LogP contribution is 2.09. The summed E-state index contributed by atoms with van der Waals surface area (Å²) in [4.78, 5) is 11.3. The smallest absolute Gasteiger partial charge is 0.220 e. The third-order valence-corrected chi connectivity index (χ3v) is 3.85. The molecule has 0 aromatic heterocycles. The van der Waals surface area contributed by atoms with Crippen LogP contribution < -0.4 is 5.32 Å². The van der Waals surface area contributed by atoms with E-state index in [9.17, 15) is 4.79 Å². The number of carbonyl (C=O) groups excluding carboxylic acids is 1. The van der Waals surface area contributed by atoms with Crippen LogP contribution in [0.25, 0.3) is 0 Å². The zero-order valence-corrected chi connectivity index (χ0v) is 14.6. The van der Waals surface area contributed by atoms with Gasteiger partial charge in [0.2, 0.25) is 5.91 Å². The minimum atomic E-state index is 0.0267. The average Bonchev–Trinajstić information content (AvgIpc) is 2.53. The number of carbonyl (C=O) groups is 1. The highest BCUT2D eigenvalue weighted by molar-refractivity contribution is 5.75. The summed E-state index contributed by atoms with van der Waals surface area (Å²) in [6.07, 6.45) is 20.4. The molecule has 0 spiro atoms. The Labute approximate surface area is 137 Å². The predicted molar refractivity (Wildman–Crippen MR) is 94.9 cm³/mol. The van der Waals surface area contributed by atoms with Crippen LogP contribution in [0, 0.1) is 0 Å². The minimum Gasteiger partial charge on any atom is -0.395 e. The van der Waals surface area contributed by atoms with Crippen LogP contribution in [0.2, 0.25) is 0 Å². The van der Waals surface area contributed by atoms with Crippen molar-refractivity contribution in [3.05, 3.63) is 12.2 Å². The number of allylic oxidation sites excluding steroid dienone is 2. The average molecular weight is 312 g/mol. The maximum Gasteiger partial charge on any atom is 0.220 e.